The lowest BCUT2D eigenvalue weighted by Crippen LogP contribution is -2.33. The zero-order valence-corrected chi connectivity index (χ0v) is 13.3. The summed E-state index contributed by atoms with van der Waals surface area (Å²) >= 11 is 5.08. The topological polar surface area (TPSA) is 72.4 Å². The first-order valence-electron chi connectivity index (χ1n) is 6.11. The summed E-state index contributed by atoms with van der Waals surface area (Å²) in [6.45, 7) is 1.49. The standard InChI is InChI=1S/C14H16BrN3OS/c15-11-5-12(20-9-11)7-18(8-14(17)19)6-10-3-1-2-4-13(10)16/h1-5,9H,6-8,16H2,(H2,17,19). The van der Waals surface area contributed by atoms with Gasteiger partial charge in [-0.1, -0.05) is 18.2 Å². The van der Waals surface area contributed by atoms with Crippen LogP contribution in [0, 0.1) is 0 Å². The lowest BCUT2D eigenvalue weighted by molar-refractivity contribution is -0.119. The first-order chi connectivity index (χ1) is 9.54. The number of para-hydroxylation sites is 1. The Morgan fingerprint density at radius 2 is 2.05 bits per heavy atom. The molecule has 0 fully saturated rings. The molecule has 20 heavy (non-hydrogen) atoms. The van der Waals surface area contributed by atoms with Crippen molar-refractivity contribution in [2.45, 2.75) is 13.1 Å². The third-order valence-electron chi connectivity index (χ3n) is 2.83. The van der Waals surface area contributed by atoms with Gasteiger partial charge in [-0.15, -0.1) is 11.3 Å². The third-order valence-corrected chi connectivity index (χ3v) is 4.51. The van der Waals surface area contributed by atoms with Crippen LogP contribution in [0.4, 0.5) is 5.69 Å². The number of thiophene rings is 1. The lowest BCUT2D eigenvalue weighted by Gasteiger charge is -2.20. The Kier molecular flexibility index (Phi) is 5.17. The normalized spacial score (nSPS) is 10.9. The molecule has 0 aliphatic heterocycles. The zero-order valence-electron chi connectivity index (χ0n) is 10.9. The molecule has 1 amide bonds. The number of rotatable bonds is 6. The van der Waals surface area contributed by atoms with Crippen molar-refractivity contribution in [1.29, 1.82) is 0 Å². The molecule has 0 aliphatic rings. The second-order valence-corrected chi connectivity index (χ2v) is 6.45. The summed E-state index contributed by atoms with van der Waals surface area (Å²) in [5, 5.41) is 2.02. The van der Waals surface area contributed by atoms with Crippen molar-refractivity contribution < 1.29 is 4.79 Å². The molecular formula is C14H16BrN3OS. The SMILES string of the molecule is NC(=O)CN(Cc1cc(Br)cs1)Cc1ccccc1N. The molecule has 0 saturated heterocycles. The number of benzene rings is 1. The van der Waals surface area contributed by atoms with Gasteiger partial charge in [0.15, 0.2) is 0 Å². The van der Waals surface area contributed by atoms with Crippen LogP contribution in [0.25, 0.3) is 0 Å². The Morgan fingerprint density at radius 3 is 2.65 bits per heavy atom. The van der Waals surface area contributed by atoms with E-state index in [1.54, 1.807) is 11.3 Å². The number of primary amides is 1. The average molecular weight is 354 g/mol. The molecule has 2 aromatic rings. The lowest BCUT2D eigenvalue weighted by atomic mass is 10.1. The van der Waals surface area contributed by atoms with Crippen molar-refractivity contribution in [3.63, 3.8) is 0 Å². The molecule has 0 atom stereocenters. The Morgan fingerprint density at radius 1 is 1.30 bits per heavy atom. The van der Waals surface area contributed by atoms with E-state index in [0.717, 1.165) is 15.7 Å². The number of anilines is 1. The first kappa shape index (κ1) is 15.0. The Labute approximate surface area is 130 Å². The van der Waals surface area contributed by atoms with Gasteiger partial charge in [-0.3, -0.25) is 9.69 Å². The molecular weight excluding hydrogens is 338 g/mol. The number of amides is 1. The fourth-order valence-electron chi connectivity index (χ4n) is 1.96. The van der Waals surface area contributed by atoms with Gasteiger partial charge in [0, 0.05) is 33.5 Å². The summed E-state index contributed by atoms with van der Waals surface area (Å²) in [5.74, 6) is -0.338. The highest BCUT2D eigenvalue weighted by molar-refractivity contribution is 9.10. The number of hydrogen-bond donors (Lipinski definition) is 2. The number of nitrogen functional groups attached to an aromatic ring is 1. The van der Waals surface area contributed by atoms with Crippen LogP contribution in [-0.4, -0.2) is 17.4 Å². The van der Waals surface area contributed by atoms with E-state index in [2.05, 4.69) is 15.9 Å². The second kappa shape index (κ2) is 6.88. The minimum absolute atomic E-state index is 0.212. The Balaban J connectivity index is 2.11. The number of carbonyl (C=O) groups excluding carboxylic acids is 1. The van der Waals surface area contributed by atoms with Gasteiger partial charge in [0.1, 0.15) is 0 Å². The van der Waals surface area contributed by atoms with Gasteiger partial charge in [-0.25, -0.2) is 0 Å². The quantitative estimate of drug-likeness (QED) is 0.784. The highest BCUT2D eigenvalue weighted by Gasteiger charge is 2.12. The van der Waals surface area contributed by atoms with Gasteiger partial charge in [-0.05, 0) is 33.6 Å². The maximum atomic E-state index is 11.2. The van der Waals surface area contributed by atoms with Gasteiger partial charge in [-0.2, -0.15) is 0 Å². The van der Waals surface area contributed by atoms with Crippen LogP contribution in [0.15, 0.2) is 40.2 Å². The number of carbonyl (C=O) groups is 1. The van der Waals surface area contributed by atoms with E-state index in [9.17, 15) is 4.79 Å². The highest BCUT2D eigenvalue weighted by atomic mass is 79.9. The van der Waals surface area contributed by atoms with E-state index in [-0.39, 0.29) is 12.5 Å². The monoisotopic (exact) mass is 353 g/mol. The van der Waals surface area contributed by atoms with E-state index in [4.69, 9.17) is 11.5 Å². The molecule has 2 rings (SSSR count). The van der Waals surface area contributed by atoms with Gasteiger partial charge in [0.2, 0.25) is 5.91 Å². The summed E-state index contributed by atoms with van der Waals surface area (Å²) in [6.07, 6.45) is 0. The molecule has 4 nitrogen and oxygen atoms in total. The molecule has 0 bridgehead atoms. The summed E-state index contributed by atoms with van der Waals surface area (Å²) < 4.78 is 1.05. The minimum Gasteiger partial charge on any atom is -0.398 e. The first-order valence-corrected chi connectivity index (χ1v) is 7.79. The maximum Gasteiger partial charge on any atom is 0.231 e. The minimum atomic E-state index is -0.338. The number of hydrogen-bond acceptors (Lipinski definition) is 4. The van der Waals surface area contributed by atoms with Crippen molar-refractivity contribution in [3.05, 3.63) is 50.6 Å². The van der Waals surface area contributed by atoms with Crippen LogP contribution in [0.5, 0.6) is 0 Å². The zero-order chi connectivity index (χ0) is 14.5. The average Bonchev–Trinajstić information content (AvgIpc) is 2.77. The van der Waals surface area contributed by atoms with Crippen LogP contribution < -0.4 is 11.5 Å². The van der Waals surface area contributed by atoms with Gasteiger partial charge in [0.05, 0.1) is 6.54 Å². The maximum absolute atomic E-state index is 11.2. The molecule has 0 aliphatic carbocycles. The number of nitrogens with two attached hydrogens (primary N) is 2. The molecule has 106 valence electrons. The molecule has 0 spiro atoms. The molecule has 1 aromatic heterocycles. The highest BCUT2D eigenvalue weighted by Crippen LogP contribution is 2.22. The van der Waals surface area contributed by atoms with E-state index in [0.29, 0.717) is 13.1 Å². The van der Waals surface area contributed by atoms with Crippen molar-refractivity contribution >= 4 is 38.9 Å². The molecule has 1 aromatic carbocycles. The van der Waals surface area contributed by atoms with Gasteiger partial charge >= 0.3 is 0 Å². The van der Waals surface area contributed by atoms with Crippen LogP contribution in [0.1, 0.15) is 10.4 Å². The summed E-state index contributed by atoms with van der Waals surface area (Å²) in [7, 11) is 0. The summed E-state index contributed by atoms with van der Waals surface area (Å²) in [4.78, 5) is 14.4. The van der Waals surface area contributed by atoms with E-state index < -0.39 is 0 Å². The number of halogens is 1. The molecule has 4 N–H and O–H groups in total. The molecule has 1 heterocycles. The third kappa shape index (κ3) is 4.33. The van der Waals surface area contributed by atoms with E-state index >= 15 is 0 Å². The Bertz CT molecular complexity index is 600. The molecule has 0 saturated carbocycles. The molecule has 0 radical (unpaired) electrons. The summed E-state index contributed by atoms with van der Waals surface area (Å²) in [5.41, 5.74) is 13.0. The van der Waals surface area contributed by atoms with E-state index in [1.807, 2.05) is 40.6 Å². The second-order valence-electron chi connectivity index (χ2n) is 4.54. The predicted octanol–water partition coefficient (Wildman–Crippen LogP) is 2.58. The molecule has 6 heteroatoms. The van der Waals surface area contributed by atoms with Crippen LogP contribution in [0.2, 0.25) is 0 Å². The van der Waals surface area contributed by atoms with Gasteiger partial charge in [0.25, 0.3) is 0 Å². The van der Waals surface area contributed by atoms with E-state index in [1.165, 1.54) is 4.88 Å². The van der Waals surface area contributed by atoms with Crippen molar-refractivity contribution in [2.24, 2.45) is 5.73 Å². The van der Waals surface area contributed by atoms with Crippen molar-refractivity contribution in [3.8, 4) is 0 Å². The fraction of sp³-hybridized carbons (Fsp3) is 0.214. The van der Waals surface area contributed by atoms with Crippen molar-refractivity contribution in [1.82, 2.24) is 4.90 Å². The smallest absolute Gasteiger partial charge is 0.231 e. The largest absolute Gasteiger partial charge is 0.398 e. The van der Waals surface area contributed by atoms with Crippen LogP contribution in [0.3, 0.4) is 0 Å². The van der Waals surface area contributed by atoms with Crippen LogP contribution >= 0.6 is 27.3 Å². The Hall–Kier alpha value is -1.37. The van der Waals surface area contributed by atoms with Crippen LogP contribution in [-0.2, 0) is 17.9 Å². The summed E-state index contributed by atoms with van der Waals surface area (Å²) in [6, 6.07) is 9.71. The van der Waals surface area contributed by atoms with Gasteiger partial charge < -0.3 is 11.5 Å². The van der Waals surface area contributed by atoms with Crippen molar-refractivity contribution in [2.75, 3.05) is 12.3 Å². The molecule has 0 unspecified atom stereocenters. The predicted molar refractivity (Wildman–Crippen MR) is 86.2 cm³/mol. The number of nitrogens with zero attached hydrogens (tertiary/aromatic N) is 1. The fourth-order valence-corrected chi connectivity index (χ4v) is 3.46.